The summed E-state index contributed by atoms with van der Waals surface area (Å²) >= 11 is 0. The van der Waals surface area contributed by atoms with Crippen molar-refractivity contribution in [2.75, 3.05) is 13.1 Å². The lowest BCUT2D eigenvalue weighted by Gasteiger charge is -2.40. The second-order valence-corrected chi connectivity index (χ2v) is 6.13. The van der Waals surface area contributed by atoms with Crippen molar-refractivity contribution in [2.24, 2.45) is 11.7 Å². The Kier molecular flexibility index (Phi) is 5.00. The topological polar surface area (TPSA) is 29.3 Å². The average Bonchev–Trinajstić information content (AvgIpc) is 2.39. The highest BCUT2D eigenvalue weighted by Gasteiger charge is 2.28. The summed E-state index contributed by atoms with van der Waals surface area (Å²) in [6.07, 6.45) is 3.98. The van der Waals surface area contributed by atoms with Gasteiger partial charge in [0.05, 0.1) is 0 Å². The SMILES string of the molecule is CCC1CCCN(C(c2cccc(C)c2)C(C)N)C1. The zero-order valence-corrected chi connectivity index (χ0v) is 12.6. The Morgan fingerprint density at radius 2 is 2.21 bits per heavy atom. The van der Waals surface area contributed by atoms with E-state index in [2.05, 4.69) is 49.9 Å². The maximum Gasteiger partial charge on any atom is 0.0496 e. The maximum absolute atomic E-state index is 6.29. The Morgan fingerprint density at radius 3 is 2.84 bits per heavy atom. The Bertz CT molecular complexity index is 400. The van der Waals surface area contributed by atoms with E-state index in [1.165, 1.54) is 43.5 Å². The number of hydrogen-bond donors (Lipinski definition) is 1. The fourth-order valence-electron chi connectivity index (χ4n) is 3.38. The third kappa shape index (κ3) is 3.58. The van der Waals surface area contributed by atoms with Gasteiger partial charge in [0.15, 0.2) is 0 Å². The smallest absolute Gasteiger partial charge is 0.0496 e. The van der Waals surface area contributed by atoms with Crippen LogP contribution in [0.3, 0.4) is 0 Å². The van der Waals surface area contributed by atoms with Gasteiger partial charge in [0, 0.05) is 18.6 Å². The zero-order valence-electron chi connectivity index (χ0n) is 12.6. The number of benzene rings is 1. The molecular weight excluding hydrogens is 232 g/mol. The van der Waals surface area contributed by atoms with Crippen molar-refractivity contribution in [2.45, 2.75) is 52.1 Å². The van der Waals surface area contributed by atoms with Crippen molar-refractivity contribution >= 4 is 0 Å². The molecular formula is C17H28N2. The van der Waals surface area contributed by atoms with Gasteiger partial charge in [-0.1, -0.05) is 43.2 Å². The molecule has 0 aromatic heterocycles. The van der Waals surface area contributed by atoms with E-state index in [4.69, 9.17) is 5.73 Å². The van der Waals surface area contributed by atoms with Gasteiger partial charge in [0.25, 0.3) is 0 Å². The van der Waals surface area contributed by atoms with E-state index in [1.807, 2.05) is 0 Å². The van der Waals surface area contributed by atoms with Gasteiger partial charge in [-0.2, -0.15) is 0 Å². The van der Waals surface area contributed by atoms with E-state index in [-0.39, 0.29) is 6.04 Å². The molecule has 1 aliphatic rings. The molecule has 0 amide bonds. The van der Waals surface area contributed by atoms with Crippen LogP contribution < -0.4 is 5.73 Å². The number of likely N-dealkylation sites (tertiary alicyclic amines) is 1. The van der Waals surface area contributed by atoms with Gasteiger partial charge in [-0.15, -0.1) is 0 Å². The van der Waals surface area contributed by atoms with Crippen molar-refractivity contribution < 1.29 is 0 Å². The summed E-state index contributed by atoms with van der Waals surface area (Å²) in [6, 6.07) is 9.39. The first kappa shape index (κ1) is 14.5. The molecule has 2 nitrogen and oxygen atoms in total. The number of aryl methyl sites for hydroxylation is 1. The van der Waals surface area contributed by atoms with Crippen LogP contribution in [0, 0.1) is 12.8 Å². The zero-order chi connectivity index (χ0) is 13.8. The third-order valence-corrected chi connectivity index (χ3v) is 4.40. The van der Waals surface area contributed by atoms with Crippen LogP contribution >= 0.6 is 0 Å². The van der Waals surface area contributed by atoms with E-state index in [9.17, 15) is 0 Å². The minimum absolute atomic E-state index is 0.178. The molecule has 1 saturated heterocycles. The van der Waals surface area contributed by atoms with E-state index in [0.717, 1.165) is 5.92 Å². The summed E-state index contributed by atoms with van der Waals surface area (Å²) in [5.74, 6) is 0.847. The van der Waals surface area contributed by atoms with Gasteiger partial charge in [-0.3, -0.25) is 4.90 Å². The van der Waals surface area contributed by atoms with Crippen molar-refractivity contribution in [3.05, 3.63) is 35.4 Å². The third-order valence-electron chi connectivity index (χ3n) is 4.40. The predicted octanol–water partition coefficient (Wildman–Crippen LogP) is 3.51. The van der Waals surface area contributed by atoms with Crippen LogP contribution in [0.15, 0.2) is 24.3 Å². The minimum Gasteiger partial charge on any atom is -0.326 e. The molecule has 3 unspecified atom stereocenters. The molecule has 0 radical (unpaired) electrons. The maximum atomic E-state index is 6.29. The van der Waals surface area contributed by atoms with Crippen LogP contribution in [0.4, 0.5) is 0 Å². The number of rotatable bonds is 4. The van der Waals surface area contributed by atoms with Gasteiger partial charge in [-0.25, -0.2) is 0 Å². The highest BCUT2D eigenvalue weighted by molar-refractivity contribution is 5.26. The van der Waals surface area contributed by atoms with Crippen molar-refractivity contribution in [3.8, 4) is 0 Å². The number of hydrogen-bond acceptors (Lipinski definition) is 2. The molecule has 0 bridgehead atoms. The number of piperidine rings is 1. The Balaban J connectivity index is 2.20. The first-order valence-corrected chi connectivity index (χ1v) is 7.68. The minimum atomic E-state index is 0.178. The first-order valence-electron chi connectivity index (χ1n) is 7.68. The van der Waals surface area contributed by atoms with Crippen LogP contribution in [0.25, 0.3) is 0 Å². The van der Waals surface area contributed by atoms with Gasteiger partial charge in [-0.05, 0) is 44.7 Å². The lowest BCUT2D eigenvalue weighted by molar-refractivity contribution is 0.108. The monoisotopic (exact) mass is 260 g/mol. The quantitative estimate of drug-likeness (QED) is 0.897. The summed E-state index contributed by atoms with van der Waals surface area (Å²) in [5, 5.41) is 0. The van der Waals surface area contributed by atoms with Gasteiger partial charge >= 0.3 is 0 Å². The fourth-order valence-corrected chi connectivity index (χ4v) is 3.38. The first-order chi connectivity index (χ1) is 9.11. The molecule has 1 aliphatic heterocycles. The highest BCUT2D eigenvalue weighted by Crippen LogP contribution is 2.30. The Hall–Kier alpha value is -0.860. The molecule has 2 heteroatoms. The Morgan fingerprint density at radius 1 is 1.42 bits per heavy atom. The normalized spacial score (nSPS) is 24.1. The molecule has 0 spiro atoms. The molecule has 19 heavy (non-hydrogen) atoms. The van der Waals surface area contributed by atoms with Gasteiger partial charge in [0.2, 0.25) is 0 Å². The van der Waals surface area contributed by atoms with Crippen LogP contribution in [-0.4, -0.2) is 24.0 Å². The molecule has 3 atom stereocenters. The van der Waals surface area contributed by atoms with Gasteiger partial charge < -0.3 is 5.73 Å². The van der Waals surface area contributed by atoms with Crippen LogP contribution in [0.5, 0.6) is 0 Å². The molecule has 2 N–H and O–H groups in total. The summed E-state index contributed by atoms with van der Waals surface area (Å²) < 4.78 is 0. The lowest BCUT2D eigenvalue weighted by atomic mass is 9.90. The number of nitrogens with two attached hydrogens (primary N) is 1. The molecule has 106 valence electrons. The fraction of sp³-hybridized carbons (Fsp3) is 0.647. The summed E-state index contributed by atoms with van der Waals surface area (Å²) in [6.45, 7) is 9.00. The molecule has 1 heterocycles. The van der Waals surface area contributed by atoms with E-state index >= 15 is 0 Å². The van der Waals surface area contributed by atoms with Crippen molar-refractivity contribution in [1.29, 1.82) is 0 Å². The molecule has 1 aromatic rings. The largest absolute Gasteiger partial charge is 0.326 e. The van der Waals surface area contributed by atoms with Crippen LogP contribution in [0.2, 0.25) is 0 Å². The Labute approximate surface area is 118 Å². The average molecular weight is 260 g/mol. The second kappa shape index (κ2) is 6.53. The van der Waals surface area contributed by atoms with Crippen molar-refractivity contribution in [3.63, 3.8) is 0 Å². The van der Waals surface area contributed by atoms with E-state index in [0.29, 0.717) is 6.04 Å². The van der Waals surface area contributed by atoms with Gasteiger partial charge in [0.1, 0.15) is 0 Å². The summed E-state index contributed by atoms with van der Waals surface area (Å²) in [4.78, 5) is 2.61. The standard InChI is InChI=1S/C17H28N2/c1-4-15-8-6-10-19(12-15)17(14(3)18)16-9-5-7-13(2)11-16/h5,7,9,11,14-15,17H,4,6,8,10,12,18H2,1-3H3. The van der Waals surface area contributed by atoms with Crippen LogP contribution in [0.1, 0.15) is 50.3 Å². The van der Waals surface area contributed by atoms with Crippen molar-refractivity contribution in [1.82, 2.24) is 4.90 Å². The molecule has 0 aliphatic carbocycles. The molecule has 0 saturated carbocycles. The molecule has 2 rings (SSSR count). The summed E-state index contributed by atoms with van der Waals surface area (Å²) in [5.41, 5.74) is 9.00. The summed E-state index contributed by atoms with van der Waals surface area (Å²) in [7, 11) is 0. The second-order valence-electron chi connectivity index (χ2n) is 6.13. The molecule has 1 fully saturated rings. The van der Waals surface area contributed by atoms with Crippen LogP contribution in [-0.2, 0) is 0 Å². The predicted molar refractivity (Wildman–Crippen MR) is 82.2 cm³/mol. The number of nitrogens with zero attached hydrogens (tertiary/aromatic N) is 1. The van der Waals surface area contributed by atoms with E-state index < -0.39 is 0 Å². The highest BCUT2D eigenvalue weighted by atomic mass is 15.2. The van der Waals surface area contributed by atoms with E-state index in [1.54, 1.807) is 0 Å². The molecule has 1 aromatic carbocycles. The lowest BCUT2D eigenvalue weighted by Crippen LogP contribution is -2.44.